The average Bonchev–Trinajstić information content (AvgIpc) is 2.74. The van der Waals surface area contributed by atoms with Gasteiger partial charge in [0.1, 0.15) is 0 Å². The third kappa shape index (κ3) is 4.72. The fourth-order valence-electron chi connectivity index (χ4n) is 3.94. The summed E-state index contributed by atoms with van der Waals surface area (Å²) in [5, 5.41) is 2.76. The fraction of sp³-hybridized carbons (Fsp3) is 0.143. The Hall–Kier alpha value is -1.73. The van der Waals surface area contributed by atoms with Crippen molar-refractivity contribution in [1.29, 1.82) is 0 Å². The molecule has 0 saturated heterocycles. The molecule has 0 aliphatic rings. The molecular weight excluding hydrogens is 527 g/mol. The minimum Gasteiger partial charge on any atom is -0.0616 e. The van der Waals surface area contributed by atoms with Crippen LogP contribution in [0.3, 0.4) is 0 Å². The monoisotopic (exact) mass is 550 g/mol. The Morgan fingerprint density at radius 1 is 0.484 bits per heavy atom. The molecule has 0 aromatic heterocycles. The molecule has 0 atom stereocenters. The molecule has 0 nitrogen and oxygen atoms in total. The molecule has 0 heterocycles. The highest BCUT2D eigenvalue weighted by Gasteiger charge is 2.14. The molecular formula is C28H25Br2P. The zero-order chi connectivity index (χ0) is 22.1. The van der Waals surface area contributed by atoms with E-state index < -0.39 is 0 Å². The van der Waals surface area contributed by atoms with Crippen LogP contribution in [0.15, 0.2) is 81.7 Å². The molecule has 4 rings (SSSR count). The van der Waals surface area contributed by atoms with Crippen LogP contribution < -0.4 is 10.6 Å². The minimum absolute atomic E-state index is 0.583. The lowest BCUT2D eigenvalue weighted by Gasteiger charge is -2.17. The topological polar surface area (TPSA) is 0 Å². The molecule has 0 saturated carbocycles. The van der Waals surface area contributed by atoms with Gasteiger partial charge in [-0.1, -0.05) is 101 Å². The molecule has 0 amide bonds. The van der Waals surface area contributed by atoms with E-state index in [2.05, 4.69) is 132 Å². The van der Waals surface area contributed by atoms with Crippen LogP contribution in [-0.4, -0.2) is 0 Å². The SMILES string of the molecule is Cc1cc(-c2ccccc2Pc2ccccc2-c2cc(C)c(Br)cc2C)c(C)cc1Br. The van der Waals surface area contributed by atoms with Crippen LogP contribution in [0.25, 0.3) is 22.3 Å². The number of rotatable bonds is 4. The second kappa shape index (κ2) is 9.41. The van der Waals surface area contributed by atoms with Crippen molar-refractivity contribution in [1.82, 2.24) is 0 Å². The Morgan fingerprint density at radius 2 is 0.871 bits per heavy atom. The lowest BCUT2D eigenvalue weighted by molar-refractivity contribution is 1.36. The van der Waals surface area contributed by atoms with Crippen molar-refractivity contribution < 1.29 is 0 Å². The molecule has 4 aromatic rings. The number of hydrogen-bond donors (Lipinski definition) is 0. The van der Waals surface area contributed by atoms with Crippen molar-refractivity contribution >= 4 is 51.0 Å². The van der Waals surface area contributed by atoms with Crippen molar-refractivity contribution in [2.75, 3.05) is 0 Å². The molecule has 4 aromatic carbocycles. The Labute approximate surface area is 204 Å². The molecule has 0 bridgehead atoms. The van der Waals surface area contributed by atoms with Gasteiger partial charge in [-0.3, -0.25) is 0 Å². The molecule has 0 aliphatic carbocycles. The van der Waals surface area contributed by atoms with Gasteiger partial charge in [-0.2, -0.15) is 0 Å². The quantitative estimate of drug-likeness (QED) is 0.223. The predicted molar refractivity (Wildman–Crippen MR) is 146 cm³/mol. The minimum atomic E-state index is 0.583. The molecule has 31 heavy (non-hydrogen) atoms. The Balaban J connectivity index is 1.82. The second-order valence-corrected chi connectivity index (χ2v) is 11.1. The van der Waals surface area contributed by atoms with Crippen LogP contribution in [0.2, 0.25) is 0 Å². The van der Waals surface area contributed by atoms with Crippen LogP contribution >= 0.6 is 40.4 Å². The van der Waals surface area contributed by atoms with Gasteiger partial charge in [0, 0.05) is 8.95 Å². The maximum atomic E-state index is 3.68. The largest absolute Gasteiger partial charge is 0.0616 e. The smallest absolute Gasteiger partial charge is 0.0207 e. The first-order valence-electron chi connectivity index (χ1n) is 10.3. The molecule has 3 heteroatoms. The van der Waals surface area contributed by atoms with E-state index in [0.29, 0.717) is 8.58 Å². The van der Waals surface area contributed by atoms with E-state index in [1.165, 1.54) is 64.1 Å². The van der Waals surface area contributed by atoms with Gasteiger partial charge in [0.2, 0.25) is 0 Å². The van der Waals surface area contributed by atoms with E-state index in [4.69, 9.17) is 0 Å². The molecule has 156 valence electrons. The summed E-state index contributed by atoms with van der Waals surface area (Å²) in [6.45, 7) is 8.71. The van der Waals surface area contributed by atoms with Gasteiger partial charge in [0.05, 0.1) is 0 Å². The Morgan fingerprint density at radius 3 is 1.29 bits per heavy atom. The average molecular weight is 552 g/mol. The van der Waals surface area contributed by atoms with Crippen LogP contribution in [0.5, 0.6) is 0 Å². The van der Waals surface area contributed by atoms with E-state index in [-0.39, 0.29) is 0 Å². The van der Waals surface area contributed by atoms with Crippen LogP contribution in [0, 0.1) is 27.7 Å². The summed E-state index contributed by atoms with van der Waals surface area (Å²) in [7, 11) is 0.583. The van der Waals surface area contributed by atoms with Crippen LogP contribution in [-0.2, 0) is 0 Å². The van der Waals surface area contributed by atoms with Gasteiger partial charge >= 0.3 is 0 Å². The zero-order valence-electron chi connectivity index (χ0n) is 18.2. The molecule has 0 spiro atoms. The highest BCUT2D eigenvalue weighted by atomic mass is 79.9. The van der Waals surface area contributed by atoms with Crippen LogP contribution in [0.4, 0.5) is 0 Å². The van der Waals surface area contributed by atoms with Gasteiger partial charge in [-0.15, -0.1) is 0 Å². The van der Waals surface area contributed by atoms with Gasteiger partial charge < -0.3 is 0 Å². The normalized spacial score (nSPS) is 11.0. The first-order chi connectivity index (χ1) is 14.8. The number of aryl methyl sites for hydroxylation is 4. The summed E-state index contributed by atoms with van der Waals surface area (Å²) >= 11 is 7.35. The number of halogens is 2. The summed E-state index contributed by atoms with van der Waals surface area (Å²) in [5.41, 5.74) is 10.4. The van der Waals surface area contributed by atoms with Crippen molar-refractivity contribution in [3.63, 3.8) is 0 Å². The molecule has 0 fully saturated rings. The van der Waals surface area contributed by atoms with Crippen molar-refractivity contribution in [2.45, 2.75) is 27.7 Å². The van der Waals surface area contributed by atoms with Crippen molar-refractivity contribution in [3.05, 3.63) is 104 Å². The van der Waals surface area contributed by atoms with E-state index >= 15 is 0 Å². The van der Waals surface area contributed by atoms with Gasteiger partial charge in [0.15, 0.2) is 0 Å². The standard InChI is InChI=1S/C28H25Br2P/c1-17-15-25(29)19(3)13-23(17)21-9-5-7-11-27(21)31-28-12-8-6-10-22(28)24-14-20(4)26(30)16-18(24)2/h5-16,31H,1-4H3. The first-order valence-corrected chi connectivity index (χ1v) is 12.9. The predicted octanol–water partition coefficient (Wildman–Crippen LogP) is 8.41. The first kappa shape index (κ1) is 22.5. The fourth-order valence-corrected chi connectivity index (χ4v) is 6.21. The maximum Gasteiger partial charge on any atom is 0.0207 e. The van der Waals surface area contributed by atoms with Gasteiger partial charge in [-0.25, -0.2) is 0 Å². The van der Waals surface area contributed by atoms with E-state index in [9.17, 15) is 0 Å². The Bertz CT molecular complexity index is 1180. The lowest BCUT2D eigenvalue weighted by Crippen LogP contribution is -2.10. The number of benzene rings is 4. The summed E-state index contributed by atoms with van der Waals surface area (Å²) < 4.78 is 2.33. The van der Waals surface area contributed by atoms with Gasteiger partial charge in [0.25, 0.3) is 0 Å². The molecule has 0 N–H and O–H groups in total. The number of hydrogen-bond acceptors (Lipinski definition) is 0. The third-order valence-electron chi connectivity index (χ3n) is 5.72. The summed E-state index contributed by atoms with van der Waals surface area (Å²) in [6.07, 6.45) is 0. The lowest BCUT2D eigenvalue weighted by atomic mass is 9.98. The zero-order valence-corrected chi connectivity index (χ0v) is 22.4. The second-order valence-electron chi connectivity index (χ2n) is 8.05. The summed E-state index contributed by atoms with van der Waals surface area (Å²) in [6, 6.07) is 26.7. The summed E-state index contributed by atoms with van der Waals surface area (Å²) in [4.78, 5) is 0. The highest BCUT2D eigenvalue weighted by Crippen LogP contribution is 2.34. The molecule has 0 radical (unpaired) electrons. The molecule has 0 unspecified atom stereocenters. The van der Waals surface area contributed by atoms with Crippen molar-refractivity contribution in [2.24, 2.45) is 0 Å². The summed E-state index contributed by atoms with van der Waals surface area (Å²) in [5.74, 6) is 0. The van der Waals surface area contributed by atoms with E-state index in [1.807, 2.05) is 0 Å². The highest BCUT2D eigenvalue weighted by molar-refractivity contribution is 9.10. The van der Waals surface area contributed by atoms with Crippen LogP contribution in [0.1, 0.15) is 22.3 Å². The van der Waals surface area contributed by atoms with Crippen molar-refractivity contribution in [3.8, 4) is 22.3 Å². The molecule has 0 aliphatic heterocycles. The van der Waals surface area contributed by atoms with E-state index in [0.717, 1.165) is 0 Å². The van der Waals surface area contributed by atoms with E-state index in [1.54, 1.807) is 0 Å². The maximum absolute atomic E-state index is 3.68. The van der Waals surface area contributed by atoms with Gasteiger partial charge in [-0.05, 0) is 94.9 Å². The third-order valence-corrected chi connectivity index (χ3v) is 8.83. The Kier molecular flexibility index (Phi) is 6.82.